The van der Waals surface area contributed by atoms with Gasteiger partial charge in [-0.05, 0) is 51.7 Å². The Morgan fingerprint density at radius 1 is 1.09 bits per heavy atom. The number of carbonyl (C=O) groups is 3. The number of unbranched alkanes of at least 4 members (excludes halogenated alkanes) is 1. The summed E-state index contributed by atoms with van der Waals surface area (Å²) in [6.45, 7) is 9.65. The van der Waals surface area contributed by atoms with E-state index in [1.54, 1.807) is 4.90 Å². The number of hydrogen-bond donors (Lipinski definition) is 1. The van der Waals surface area contributed by atoms with Gasteiger partial charge in [-0.1, -0.05) is 44.9 Å². The first-order valence-corrected chi connectivity index (χ1v) is 12.5. The van der Waals surface area contributed by atoms with Crippen molar-refractivity contribution in [3.8, 4) is 0 Å². The first-order valence-electron chi connectivity index (χ1n) is 12.5. The topological polar surface area (TPSA) is 73.0 Å². The lowest BCUT2D eigenvalue weighted by atomic mass is 9.84. The molecule has 182 valence electrons. The number of nitrogens with one attached hydrogen (secondary N) is 1. The van der Waals surface area contributed by atoms with E-state index in [4.69, 9.17) is 0 Å². The molecule has 0 saturated carbocycles. The third kappa shape index (κ3) is 5.50. The Morgan fingerprint density at radius 3 is 2.33 bits per heavy atom. The van der Waals surface area contributed by atoms with Crippen molar-refractivity contribution in [2.75, 3.05) is 31.2 Å². The summed E-state index contributed by atoms with van der Waals surface area (Å²) in [4.78, 5) is 45.0. The van der Waals surface area contributed by atoms with Crippen molar-refractivity contribution in [3.63, 3.8) is 0 Å². The van der Waals surface area contributed by atoms with E-state index in [2.05, 4.69) is 24.1 Å². The highest BCUT2D eigenvalue weighted by molar-refractivity contribution is 5.96. The molecule has 2 aliphatic heterocycles. The molecule has 0 aromatic heterocycles. The standard InChI is InChI=1S/C26H40N4O3/c1-5-7-11-21(6-2)24(32)28-16-14-26(15-17-28)25(33)29(18-23(31)27-20(3)4)19-30(26)22-12-9-8-10-13-22/h8-10,12-13,20-21H,5-7,11,14-19H2,1-4H3,(H,27,31). The normalized spacial score (nSPS) is 18.8. The van der Waals surface area contributed by atoms with Crippen molar-refractivity contribution < 1.29 is 14.4 Å². The summed E-state index contributed by atoms with van der Waals surface area (Å²) in [5.41, 5.74) is 0.272. The second-order valence-corrected chi connectivity index (χ2v) is 9.73. The maximum absolute atomic E-state index is 13.7. The highest BCUT2D eigenvalue weighted by Crippen LogP contribution is 2.39. The molecule has 33 heavy (non-hydrogen) atoms. The van der Waals surface area contributed by atoms with Crippen molar-refractivity contribution in [2.45, 2.75) is 77.8 Å². The summed E-state index contributed by atoms with van der Waals surface area (Å²) in [6, 6.07) is 9.97. The molecular weight excluding hydrogens is 416 g/mol. The minimum atomic E-state index is -0.707. The fourth-order valence-electron chi connectivity index (χ4n) is 5.17. The summed E-state index contributed by atoms with van der Waals surface area (Å²) in [5.74, 6) is 0.151. The Hall–Kier alpha value is -2.57. The van der Waals surface area contributed by atoms with E-state index in [0.29, 0.717) is 32.6 Å². The van der Waals surface area contributed by atoms with Crippen LogP contribution in [0.4, 0.5) is 5.69 Å². The molecule has 1 unspecified atom stereocenters. The van der Waals surface area contributed by atoms with Crippen LogP contribution in [0.5, 0.6) is 0 Å². The molecule has 3 amide bonds. The summed E-state index contributed by atoms with van der Waals surface area (Å²) in [6.07, 6.45) is 5.11. The molecule has 1 aromatic rings. The maximum atomic E-state index is 13.7. The van der Waals surface area contributed by atoms with Crippen LogP contribution in [0.15, 0.2) is 30.3 Å². The van der Waals surface area contributed by atoms with E-state index in [0.717, 1.165) is 31.4 Å². The lowest BCUT2D eigenvalue weighted by Crippen LogP contribution is -2.58. The Bertz CT molecular complexity index is 818. The second-order valence-electron chi connectivity index (χ2n) is 9.73. The molecular formula is C26H40N4O3. The average molecular weight is 457 g/mol. The third-order valence-electron chi connectivity index (χ3n) is 7.02. The number of piperidine rings is 1. The lowest BCUT2D eigenvalue weighted by molar-refractivity contribution is -0.142. The number of carbonyl (C=O) groups excluding carboxylic acids is 3. The van der Waals surface area contributed by atoms with Gasteiger partial charge in [0, 0.05) is 30.7 Å². The van der Waals surface area contributed by atoms with Crippen molar-refractivity contribution in [1.82, 2.24) is 15.1 Å². The van der Waals surface area contributed by atoms with Gasteiger partial charge in [-0.2, -0.15) is 0 Å². The summed E-state index contributed by atoms with van der Waals surface area (Å²) in [5, 5.41) is 2.89. The Labute approximate surface area is 198 Å². The van der Waals surface area contributed by atoms with Gasteiger partial charge in [0.15, 0.2) is 0 Å². The van der Waals surface area contributed by atoms with E-state index < -0.39 is 5.54 Å². The van der Waals surface area contributed by atoms with Gasteiger partial charge in [0.05, 0.1) is 6.67 Å². The van der Waals surface area contributed by atoms with Crippen molar-refractivity contribution >= 4 is 23.4 Å². The van der Waals surface area contributed by atoms with E-state index in [1.807, 2.05) is 49.1 Å². The highest BCUT2D eigenvalue weighted by atomic mass is 16.2. The van der Waals surface area contributed by atoms with Crippen LogP contribution >= 0.6 is 0 Å². The average Bonchev–Trinajstić information content (AvgIpc) is 3.06. The quantitative estimate of drug-likeness (QED) is 0.618. The zero-order valence-electron chi connectivity index (χ0n) is 20.7. The van der Waals surface area contributed by atoms with Gasteiger partial charge in [0.2, 0.25) is 11.8 Å². The second kappa shape index (κ2) is 11.0. The molecule has 3 rings (SSSR count). The van der Waals surface area contributed by atoms with Crippen LogP contribution in [0.2, 0.25) is 0 Å². The minimum Gasteiger partial charge on any atom is -0.352 e. The van der Waals surface area contributed by atoms with Gasteiger partial charge in [-0.3, -0.25) is 14.4 Å². The fourth-order valence-corrected chi connectivity index (χ4v) is 5.17. The molecule has 2 heterocycles. The van der Waals surface area contributed by atoms with Gasteiger partial charge in [0.25, 0.3) is 5.91 Å². The molecule has 2 saturated heterocycles. The summed E-state index contributed by atoms with van der Waals surface area (Å²) in [7, 11) is 0. The Kier molecular flexibility index (Phi) is 8.38. The molecule has 2 aliphatic rings. The van der Waals surface area contributed by atoms with E-state index in [1.165, 1.54) is 0 Å². The number of likely N-dealkylation sites (tertiary alicyclic amines) is 1. The van der Waals surface area contributed by atoms with E-state index >= 15 is 0 Å². The van der Waals surface area contributed by atoms with Gasteiger partial charge >= 0.3 is 0 Å². The maximum Gasteiger partial charge on any atom is 0.250 e. The number of rotatable bonds is 9. The van der Waals surface area contributed by atoms with Crippen molar-refractivity contribution in [1.29, 1.82) is 0 Å². The SMILES string of the molecule is CCCCC(CC)C(=O)N1CCC2(CC1)C(=O)N(CC(=O)NC(C)C)CN2c1ccccc1. The van der Waals surface area contributed by atoms with Gasteiger partial charge in [-0.15, -0.1) is 0 Å². The highest BCUT2D eigenvalue weighted by Gasteiger charge is 2.54. The first-order chi connectivity index (χ1) is 15.8. The molecule has 7 nitrogen and oxygen atoms in total. The molecule has 1 N–H and O–H groups in total. The van der Waals surface area contributed by atoms with E-state index in [9.17, 15) is 14.4 Å². The number of amides is 3. The first kappa shape index (κ1) is 25.1. The van der Waals surface area contributed by atoms with Crippen LogP contribution in [0.3, 0.4) is 0 Å². The molecule has 0 bridgehead atoms. The van der Waals surface area contributed by atoms with Crippen LogP contribution in [-0.2, 0) is 14.4 Å². The van der Waals surface area contributed by atoms with Gasteiger partial charge in [-0.25, -0.2) is 0 Å². The smallest absolute Gasteiger partial charge is 0.250 e. The Balaban J connectivity index is 1.77. The molecule has 2 fully saturated rings. The van der Waals surface area contributed by atoms with Gasteiger partial charge in [0.1, 0.15) is 12.1 Å². The van der Waals surface area contributed by atoms with Crippen molar-refractivity contribution in [2.24, 2.45) is 5.92 Å². The zero-order valence-corrected chi connectivity index (χ0v) is 20.7. The fraction of sp³-hybridized carbons (Fsp3) is 0.654. The summed E-state index contributed by atoms with van der Waals surface area (Å²) >= 11 is 0. The number of hydrogen-bond acceptors (Lipinski definition) is 4. The third-order valence-corrected chi connectivity index (χ3v) is 7.02. The number of para-hydroxylation sites is 1. The largest absolute Gasteiger partial charge is 0.352 e. The predicted molar refractivity (Wildman–Crippen MR) is 131 cm³/mol. The van der Waals surface area contributed by atoms with Crippen LogP contribution in [0.1, 0.15) is 66.2 Å². The molecule has 1 atom stereocenters. The Morgan fingerprint density at radius 2 is 1.76 bits per heavy atom. The van der Waals surface area contributed by atoms with Crippen LogP contribution in [0.25, 0.3) is 0 Å². The molecule has 7 heteroatoms. The number of benzene rings is 1. The summed E-state index contributed by atoms with van der Waals surface area (Å²) < 4.78 is 0. The molecule has 1 spiro atoms. The van der Waals surface area contributed by atoms with Crippen LogP contribution < -0.4 is 10.2 Å². The van der Waals surface area contributed by atoms with Crippen molar-refractivity contribution in [3.05, 3.63) is 30.3 Å². The number of anilines is 1. The van der Waals surface area contributed by atoms with Crippen LogP contribution in [-0.4, -0.2) is 65.4 Å². The molecule has 1 aromatic carbocycles. The monoisotopic (exact) mass is 456 g/mol. The molecule has 0 aliphatic carbocycles. The zero-order chi connectivity index (χ0) is 24.0. The number of nitrogens with zero attached hydrogens (tertiary/aromatic N) is 3. The molecule has 0 radical (unpaired) electrons. The van der Waals surface area contributed by atoms with Crippen LogP contribution in [0, 0.1) is 5.92 Å². The predicted octanol–water partition coefficient (Wildman–Crippen LogP) is 3.39. The van der Waals surface area contributed by atoms with Gasteiger partial charge < -0.3 is 20.0 Å². The lowest BCUT2D eigenvalue weighted by Gasteiger charge is -2.44. The van der Waals surface area contributed by atoms with E-state index in [-0.39, 0.29) is 36.2 Å². The minimum absolute atomic E-state index is 0.00428.